The zero-order valence-electron chi connectivity index (χ0n) is 44.2. The average molecular weight is 1070 g/mol. The number of aliphatic hydroxyl groups excluding tert-OH is 3. The zero-order valence-corrected chi connectivity index (χ0v) is 45.0. The fourth-order valence-corrected chi connectivity index (χ4v) is 10.8. The van der Waals surface area contributed by atoms with Gasteiger partial charge in [-0.1, -0.05) is 71.4 Å². The molecule has 1 aromatic heterocycles. The zero-order chi connectivity index (χ0) is 55.3. The minimum absolute atomic E-state index is 0.0277. The number of aliphatic carboxylic acids is 2. The molecule has 2 aliphatic heterocycles. The fraction of sp³-hybridized carbons (Fsp3) is 0.604. The first kappa shape index (κ1) is 60.3. The van der Waals surface area contributed by atoms with Gasteiger partial charge in [0.25, 0.3) is 11.8 Å². The maximum atomic E-state index is 14.8. The summed E-state index contributed by atoms with van der Waals surface area (Å²) < 4.78 is 17.4. The minimum Gasteiger partial charge on any atom is -0.481 e. The third-order valence-corrected chi connectivity index (χ3v) is 15.6. The summed E-state index contributed by atoms with van der Waals surface area (Å²) in [5, 5.41) is 61.6. The number of rotatable bonds is 26. The molecule has 4 amide bonds. The second-order valence-electron chi connectivity index (χ2n) is 20.6. The number of piperidine rings is 1. The number of carboxylic acids is 2. The Morgan fingerprint density at radius 3 is 2.28 bits per heavy atom. The maximum absolute atomic E-state index is 14.8. The number of quaternary nitrogens is 1. The van der Waals surface area contributed by atoms with Gasteiger partial charge in [0.05, 0.1) is 25.2 Å². The number of ether oxygens (including phenoxy) is 3. The van der Waals surface area contributed by atoms with Crippen molar-refractivity contribution < 1.29 is 73.0 Å². The second kappa shape index (κ2) is 27.5. The van der Waals surface area contributed by atoms with E-state index in [1.165, 1.54) is 17.4 Å². The molecule has 10 N–H and O–H groups in total. The number of benzene rings is 2. The number of carbonyl (C=O) groups is 6. The van der Waals surface area contributed by atoms with E-state index >= 15 is 0 Å². The van der Waals surface area contributed by atoms with Gasteiger partial charge in [-0.2, -0.15) is 0 Å². The van der Waals surface area contributed by atoms with E-state index in [0.29, 0.717) is 49.3 Å². The van der Waals surface area contributed by atoms with Crippen molar-refractivity contribution in [3.8, 4) is 5.75 Å². The molecule has 2 aromatic carbocycles. The SMILES string of the molecule is CC[C@H](C)[C@H](NC(=O)[C@H]1CCCC[N+]1(C)Cc1ccc(O[C@@H]2O[C@H](C(=O)O)[C@@H](O)[C@@H](O)[C@@H]2O)c(NC(=O)CCN)c1)C(=O)N(C)[C@H](C[C@@H](OC)c1nc(C(=O)N[C@@H](Cc2ccccc2)C[C@H](C)C(=O)O)cs1)C(C)C. The normalized spacial score (nSPS) is 24.2. The first-order valence-electron chi connectivity index (χ1n) is 25.7. The van der Waals surface area contributed by atoms with Crippen LogP contribution in [-0.4, -0.2) is 165 Å². The quantitative estimate of drug-likeness (QED) is 0.0520. The molecule has 2 saturated heterocycles. The highest BCUT2D eigenvalue weighted by molar-refractivity contribution is 7.09. The Morgan fingerprint density at radius 2 is 1.65 bits per heavy atom. The van der Waals surface area contributed by atoms with Gasteiger partial charge in [-0.3, -0.25) is 24.0 Å². The number of hydrogen-bond acceptors (Lipinski definition) is 15. The highest BCUT2D eigenvalue weighted by atomic mass is 32.1. The topological polar surface area (TPSA) is 310 Å². The summed E-state index contributed by atoms with van der Waals surface area (Å²) in [5.74, 6) is -5.04. The summed E-state index contributed by atoms with van der Waals surface area (Å²) in [4.78, 5) is 85.9. The van der Waals surface area contributed by atoms with E-state index < -0.39 is 84.6 Å². The number of hydrogen-bond donors (Lipinski definition) is 9. The van der Waals surface area contributed by atoms with E-state index in [2.05, 4.69) is 20.9 Å². The molecule has 2 fully saturated rings. The number of methoxy groups -OCH3 is 1. The molecule has 0 aliphatic carbocycles. The monoisotopic (exact) mass is 1070 g/mol. The third-order valence-electron chi connectivity index (χ3n) is 14.6. The minimum atomic E-state index is -1.93. The predicted molar refractivity (Wildman–Crippen MR) is 278 cm³/mol. The van der Waals surface area contributed by atoms with Gasteiger partial charge >= 0.3 is 11.9 Å². The van der Waals surface area contributed by atoms with Crippen LogP contribution in [0.3, 0.4) is 0 Å². The van der Waals surface area contributed by atoms with Crippen molar-refractivity contribution in [1.82, 2.24) is 20.5 Å². The third kappa shape index (κ3) is 15.7. The Morgan fingerprint density at radius 1 is 0.947 bits per heavy atom. The van der Waals surface area contributed by atoms with Gasteiger partial charge in [-0.15, -0.1) is 11.3 Å². The number of carbonyl (C=O) groups excluding carboxylic acids is 4. The largest absolute Gasteiger partial charge is 0.481 e. The fourth-order valence-electron chi connectivity index (χ4n) is 9.92. The molecule has 3 aromatic rings. The van der Waals surface area contributed by atoms with Crippen LogP contribution in [0.15, 0.2) is 53.9 Å². The molecule has 0 saturated carbocycles. The average Bonchev–Trinajstić information content (AvgIpc) is 3.86. The Hall–Kier alpha value is -5.59. The number of carboxylic acid groups (broad SMARTS) is 2. The summed E-state index contributed by atoms with van der Waals surface area (Å²) in [5.41, 5.74) is 7.59. The van der Waals surface area contributed by atoms with Crippen LogP contribution in [0.25, 0.3) is 0 Å². The van der Waals surface area contributed by atoms with Gasteiger partial charge in [-0.05, 0) is 61.3 Å². The molecule has 5 rings (SSSR count). The van der Waals surface area contributed by atoms with Crippen molar-refractivity contribution in [2.45, 2.75) is 154 Å². The van der Waals surface area contributed by atoms with Crippen molar-refractivity contribution in [3.63, 3.8) is 0 Å². The van der Waals surface area contributed by atoms with Gasteiger partial charge in [0, 0.05) is 63.0 Å². The van der Waals surface area contributed by atoms with Crippen LogP contribution < -0.4 is 26.4 Å². The lowest BCUT2D eigenvalue weighted by molar-refractivity contribution is -0.942. The van der Waals surface area contributed by atoms with Crippen LogP contribution in [-0.2, 0) is 46.4 Å². The van der Waals surface area contributed by atoms with Crippen molar-refractivity contribution in [2.75, 3.05) is 39.6 Å². The van der Waals surface area contributed by atoms with Crippen molar-refractivity contribution >= 4 is 52.6 Å². The number of aromatic nitrogens is 1. The number of aliphatic hydroxyl groups is 3. The van der Waals surface area contributed by atoms with Crippen LogP contribution in [0.2, 0.25) is 0 Å². The van der Waals surface area contributed by atoms with Crippen LogP contribution in [0, 0.1) is 17.8 Å². The van der Waals surface area contributed by atoms with Crippen molar-refractivity contribution in [1.29, 1.82) is 0 Å². The number of thiazole rings is 1. The smallest absolute Gasteiger partial charge is 0.335 e. The van der Waals surface area contributed by atoms with Crippen LogP contribution in [0.1, 0.15) is 112 Å². The van der Waals surface area contributed by atoms with Gasteiger partial charge < -0.3 is 70.8 Å². The van der Waals surface area contributed by atoms with Gasteiger partial charge in [0.2, 0.25) is 18.1 Å². The molecule has 13 atom stereocenters. The summed E-state index contributed by atoms with van der Waals surface area (Å²) in [6.45, 7) is 10.4. The van der Waals surface area contributed by atoms with E-state index in [4.69, 9.17) is 19.9 Å². The molecule has 0 spiro atoms. The summed E-state index contributed by atoms with van der Waals surface area (Å²) >= 11 is 1.26. The first-order chi connectivity index (χ1) is 35.5. The molecular weight excluding hydrogens is 991 g/mol. The van der Waals surface area contributed by atoms with Crippen LogP contribution in [0.5, 0.6) is 5.75 Å². The predicted octanol–water partition coefficient (Wildman–Crippen LogP) is 3.44. The van der Waals surface area contributed by atoms with E-state index in [0.717, 1.165) is 18.4 Å². The molecule has 75 heavy (non-hydrogen) atoms. The summed E-state index contributed by atoms with van der Waals surface area (Å²) in [6.07, 6.45) is -6.30. The summed E-state index contributed by atoms with van der Waals surface area (Å²) in [6, 6.07) is 12.0. The Bertz CT molecular complexity index is 2410. The van der Waals surface area contributed by atoms with E-state index in [1.54, 1.807) is 43.5 Å². The molecular formula is C53H78N7O14S+. The molecule has 22 heteroatoms. The van der Waals surface area contributed by atoms with E-state index in [9.17, 15) is 54.3 Å². The number of amides is 4. The van der Waals surface area contributed by atoms with Crippen molar-refractivity contribution in [3.05, 3.63) is 75.7 Å². The maximum Gasteiger partial charge on any atom is 0.335 e. The molecule has 3 heterocycles. The summed E-state index contributed by atoms with van der Waals surface area (Å²) in [7, 11) is 5.24. The Balaban J connectivity index is 1.32. The highest BCUT2D eigenvalue weighted by Crippen LogP contribution is 2.35. The lowest BCUT2D eigenvalue weighted by Crippen LogP contribution is -2.63. The van der Waals surface area contributed by atoms with Gasteiger partial charge in [0.1, 0.15) is 53.5 Å². The van der Waals surface area contributed by atoms with Crippen molar-refractivity contribution in [2.24, 2.45) is 23.5 Å². The highest BCUT2D eigenvalue weighted by Gasteiger charge is 2.49. The Kier molecular flexibility index (Phi) is 22.1. The number of likely N-dealkylation sites (tertiary alicyclic amines) is 1. The number of anilines is 1. The van der Waals surface area contributed by atoms with Crippen LogP contribution in [0.4, 0.5) is 5.69 Å². The molecule has 21 nitrogen and oxygen atoms in total. The number of likely N-dealkylation sites (N-methyl/N-ethyl adjacent to an activating group) is 2. The van der Waals surface area contributed by atoms with Gasteiger partial charge in [-0.25, -0.2) is 9.78 Å². The molecule has 1 unspecified atom stereocenters. The first-order valence-corrected chi connectivity index (χ1v) is 26.6. The Labute approximate surface area is 442 Å². The number of nitrogens with zero attached hydrogens (tertiary/aromatic N) is 3. The molecule has 414 valence electrons. The second-order valence-corrected chi connectivity index (χ2v) is 21.5. The lowest BCUT2D eigenvalue weighted by Gasteiger charge is -2.44. The standard InChI is InChI=1S/C53H77N7O14S/c1-9-30(4)42(50(67)59(6)37(29(2)3)26-40(72-8)49-57-36(28-75-49)47(65)55-34(23-31(5)51(68)69)24-32-15-11-10-12-16-32)58-48(66)38-17-13-14-22-60(38,7)27-33-18-19-39(35(25-33)56-41(61)20-21-54)73-53-45(64)43(62)44(63)46(74-53)52(70)71/h10-12,15-16,18-19,25,28-31,34,37-38,40,42-46,53,62-64H,9,13-14,17,20-24,26-27,54H2,1-8H3,(H4-,55,56,58,61,65,66,68,69,70,71)/p+1/t30-,31-,34+,37+,38+,40+,42-,43+,44-,45-,46-,53+,60?/m0/s1. The van der Waals surface area contributed by atoms with Gasteiger partial charge in [0.15, 0.2) is 12.1 Å². The van der Waals surface area contributed by atoms with E-state index in [1.807, 2.05) is 65.1 Å². The lowest BCUT2D eigenvalue weighted by atomic mass is 9.92. The molecule has 0 bridgehead atoms. The van der Waals surface area contributed by atoms with E-state index in [-0.39, 0.29) is 70.7 Å². The molecule has 0 radical (unpaired) electrons. The molecule has 2 aliphatic rings. The van der Waals surface area contributed by atoms with Crippen LogP contribution >= 0.6 is 11.3 Å². The number of nitrogens with one attached hydrogen (secondary N) is 3. The number of nitrogens with two attached hydrogens (primary N) is 1.